The Bertz CT molecular complexity index is 903. The molecule has 0 saturated carbocycles. The Hall–Kier alpha value is -3.00. The fourth-order valence-corrected chi connectivity index (χ4v) is 2.96. The average molecular weight is 423 g/mol. The first-order valence-electron chi connectivity index (χ1n) is 8.86. The third kappa shape index (κ3) is 5.74. The Kier molecular flexibility index (Phi) is 7.67. The predicted octanol–water partition coefficient (Wildman–Crippen LogP) is 3.70. The zero-order valence-electron chi connectivity index (χ0n) is 16.7. The quantitative estimate of drug-likeness (QED) is 0.488. The summed E-state index contributed by atoms with van der Waals surface area (Å²) in [6.07, 6.45) is -0.495. The lowest BCUT2D eigenvalue weighted by molar-refractivity contribution is -0.385. The van der Waals surface area contributed by atoms with Gasteiger partial charge in [0.2, 0.25) is 0 Å². The highest BCUT2D eigenvalue weighted by Crippen LogP contribution is 2.34. The van der Waals surface area contributed by atoms with E-state index in [9.17, 15) is 14.9 Å². The number of nitro benzene ring substituents is 1. The zero-order chi connectivity index (χ0) is 21.6. The Morgan fingerprint density at radius 1 is 1.17 bits per heavy atom. The zero-order valence-corrected chi connectivity index (χ0v) is 17.4. The van der Waals surface area contributed by atoms with E-state index < -0.39 is 11.0 Å². The summed E-state index contributed by atoms with van der Waals surface area (Å²) in [5, 5.41) is 14.7. The molecule has 9 heteroatoms. The average Bonchev–Trinajstić information content (AvgIpc) is 2.69. The molecule has 1 amide bonds. The second-order valence-corrected chi connectivity index (χ2v) is 6.74. The summed E-state index contributed by atoms with van der Waals surface area (Å²) in [6, 6.07) is 7.99. The highest BCUT2D eigenvalue weighted by Gasteiger charge is 2.20. The van der Waals surface area contributed by atoms with Gasteiger partial charge in [-0.25, -0.2) is 0 Å². The molecule has 2 rings (SSSR count). The maximum atomic E-state index is 12.3. The summed E-state index contributed by atoms with van der Waals surface area (Å²) in [5.41, 5.74) is 1.14. The van der Waals surface area contributed by atoms with Crippen LogP contribution >= 0.6 is 11.6 Å². The molecule has 2 aromatic rings. The van der Waals surface area contributed by atoms with Crippen molar-refractivity contribution >= 4 is 23.2 Å². The van der Waals surface area contributed by atoms with E-state index in [0.717, 1.165) is 5.56 Å². The summed E-state index contributed by atoms with van der Waals surface area (Å²) in [5.74, 6) is 0.886. The van der Waals surface area contributed by atoms with Gasteiger partial charge in [-0.3, -0.25) is 14.9 Å². The van der Waals surface area contributed by atoms with Gasteiger partial charge >= 0.3 is 0 Å². The van der Waals surface area contributed by atoms with Crippen molar-refractivity contribution < 1.29 is 23.9 Å². The number of carbonyl (C=O) groups is 1. The highest BCUT2D eigenvalue weighted by molar-refractivity contribution is 6.30. The SMILES string of the molecule is COc1cc(CCNC(=O)C(C)Oc2ccc(Cl)cc2C)c([N+](=O)[O-])cc1OC. The maximum Gasteiger partial charge on any atom is 0.276 e. The lowest BCUT2D eigenvalue weighted by atomic mass is 10.1. The van der Waals surface area contributed by atoms with Gasteiger partial charge in [0.15, 0.2) is 17.6 Å². The number of hydrogen-bond acceptors (Lipinski definition) is 6. The van der Waals surface area contributed by atoms with E-state index in [4.69, 9.17) is 25.8 Å². The lowest BCUT2D eigenvalue weighted by Crippen LogP contribution is -2.37. The van der Waals surface area contributed by atoms with E-state index in [0.29, 0.717) is 22.1 Å². The number of nitrogens with one attached hydrogen (secondary N) is 1. The first-order valence-corrected chi connectivity index (χ1v) is 9.24. The maximum absolute atomic E-state index is 12.3. The van der Waals surface area contributed by atoms with Gasteiger partial charge in [0.05, 0.1) is 25.2 Å². The number of carbonyl (C=O) groups excluding carboxylic acids is 1. The lowest BCUT2D eigenvalue weighted by Gasteiger charge is -2.16. The monoisotopic (exact) mass is 422 g/mol. The number of hydrogen-bond donors (Lipinski definition) is 1. The van der Waals surface area contributed by atoms with Gasteiger partial charge < -0.3 is 19.5 Å². The second-order valence-electron chi connectivity index (χ2n) is 6.30. The van der Waals surface area contributed by atoms with Crippen LogP contribution < -0.4 is 19.5 Å². The summed E-state index contributed by atoms with van der Waals surface area (Å²) in [4.78, 5) is 23.2. The molecule has 0 bridgehead atoms. The largest absolute Gasteiger partial charge is 0.493 e. The molecule has 0 aliphatic carbocycles. The van der Waals surface area contributed by atoms with Gasteiger partial charge in [0.25, 0.3) is 11.6 Å². The van der Waals surface area contributed by atoms with Gasteiger partial charge in [-0.15, -0.1) is 0 Å². The summed E-state index contributed by atoms with van der Waals surface area (Å²) in [7, 11) is 2.86. The number of aryl methyl sites for hydroxylation is 1. The molecule has 156 valence electrons. The van der Waals surface area contributed by atoms with Crippen LogP contribution in [-0.2, 0) is 11.2 Å². The number of ether oxygens (including phenoxy) is 3. The fourth-order valence-electron chi connectivity index (χ4n) is 2.73. The van der Waals surface area contributed by atoms with E-state index in [1.807, 2.05) is 6.92 Å². The number of halogens is 1. The van der Waals surface area contributed by atoms with Crippen molar-refractivity contribution in [1.82, 2.24) is 5.32 Å². The minimum atomic E-state index is -0.740. The fraction of sp³-hybridized carbons (Fsp3) is 0.350. The van der Waals surface area contributed by atoms with Crippen molar-refractivity contribution in [2.24, 2.45) is 0 Å². The summed E-state index contributed by atoms with van der Waals surface area (Å²) >= 11 is 5.92. The van der Waals surface area contributed by atoms with Crippen LogP contribution in [0.2, 0.25) is 5.02 Å². The number of rotatable bonds is 9. The highest BCUT2D eigenvalue weighted by atomic mass is 35.5. The minimum Gasteiger partial charge on any atom is -0.493 e. The van der Waals surface area contributed by atoms with Crippen LogP contribution in [0.4, 0.5) is 5.69 Å². The van der Waals surface area contributed by atoms with Crippen LogP contribution in [0.25, 0.3) is 0 Å². The Balaban J connectivity index is 2.01. The first kappa shape index (κ1) is 22.3. The molecule has 8 nitrogen and oxygen atoms in total. The number of methoxy groups -OCH3 is 2. The molecule has 0 spiro atoms. The number of benzene rings is 2. The molecular formula is C20H23ClN2O6. The standard InChI is InChI=1S/C20H23ClN2O6/c1-12-9-15(21)5-6-17(12)29-13(2)20(24)22-8-7-14-10-18(27-3)19(28-4)11-16(14)23(25)26/h5-6,9-11,13H,7-8H2,1-4H3,(H,22,24). The van der Waals surface area contributed by atoms with Crippen molar-refractivity contribution in [3.63, 3.8) is 0 Å². The van der Waals surface area contributed by atoms with Gasteiger partial charge in [0.1, 0.15) is 5.75 Å². The molecule has 0 saturated heterocycles. The molecule has 0 aromatic heterocycles. The molecule has 2 aromatic carbocycles. The van der Waals surface area contributed by atoms with Crippen molar-refractivity contribution in [3.05, 3.63) is 56.6 Å². The van der Waals surface area contributed by atoms with Gasteiger partial charge in [-0.05, 0) is 50.1 Å². The van der Waals surface area contributed by atoms with E-state index in [1.54, 1.807) is 31.2 Å². The van der Waals surface area contributed by atoms with E-state index in [1.165, 1.54) is 20.3 Å². The topological polar surface area (TPSA) is 99.9 Å². The Morgan fingerprint density at radius 2 is 1.83 bits per heavy atom. The summed E-state index contributed by atoms with van der Waals surface area (Å²) < 4.78 is 16.0. The second kappa shape index (κ2) is 9.97. The van der Waals surface area contributed by atoms with Crippen LogP contribution in [0.5, 0.6) is 17.2 Å². The van der Waals surface area contributed by atoms with E-state index in [2.05, 4.69) is 5.32 Å². The minimum absolute atomic E-state index is 0.0991. The van der Waals surface area contributed by atoms with Crippen LogP contribution in [0, 0.1) is 17.0 Å². The van der Waals surface area contributed by atoms with Crippen molar-refractivity contribution in [2.75, 3.05) is 20.8 Å². The third-order valence-electron chi connectivity index (χ3n) is 4.29. The van der Waals surface area contributed by atoms with Gasteiger partial charge in [-0.2, -0.15) is 0 Å². The van der Waals surface area contributed by atoms with Crippen LogP contribution in [0.15, 0.2) is 30.3 Å². The smallest absolute Gasteiger partial charge is 0.276 e. The summed E-state index contributed by atoms with van der Waals surface area (Å²) in [6.45, 7) is 3.66. The Labute approximate surface area is 173 Å². The van der Waals surface area contributed by atoms with E-state index >= 15 is 0 Å². The Morgan fingerprint density at radius 3 is 2.41 bits per heavy atom. The van der Waals surface area contributed by atoms with Gasteiger partial charge in [-0.1, -0.05) is 11.6 Å². The molecule has 0 fully saturated rings. The van der Waals surface area contributed by atoms with Crippen molar-refractivity contribution in [2.45, 2.75) is 26.4 Å². The van der Waals surface area contributed by atoms with E-state index in [-0.39, 0.29) is 30.3 Å². The van der Waals surface area contributed by atoms with Crippen LogP contribution in [0.3, 0.4) is 0 Å². The number of amides is 1. The van der Waals surface area contributed by atoms with Crippen LogP contribution in [0.1, 0.15) is 18.1 Å². The molecule has 0 heterocycles. The van der Waals surface area contributed by atoms with Gasteiger partial charge in [0, 0.05) is 17.1 Å². The third-order valence-corrected chi connectivity index (χ3v) is 4.52. The molecule has 0 aliphatic rings. The molecule has 0 aliphatic heterocycles. The van der Waals surface area contributed by atoms with Crippen LogP contribution in [-0.4, -0.2) is 37.7 Å². The number of nitrogens with zero attached hydrogens (tertiary/aromatic N) is 1. The molecule has 1 atom stereocenters. The van der Waals surface area contributed by atoms with Crippen molar-refractivity contribution in [3.8, 4) is 17.2 Å². The molecule has 29 heavy (non-hydrogen) atoms. The molecular weight excluding hydrogens is 400 g/mol. The molecule has 0 radical (unpaired) electrons. The predicted molar refractivity (Wildman–Crippen MR) is 109 cm³/mol. The first-order chi connectivity index (χ1) is 13.8. The van der Waals surface area contributed by atoms with Crippen molar-refractivity contribution in [1.29, 1.82) is 0 Å². The number of nitro groups is 1. The molecule has 1 unspecified atom stereocenters. The molecule has 1 N–H and O–H groups in total. The normalized spacial score (nSPS) is 11.5.